The molecule has 0 aromatic carbocycles. The lowest BCUT2D eigenvalue weighted by molar-refractivity contribution is -0.137. The third kappa shape index (κ3) is 5.98. The van der Waals surface area contributed by atoms with Crippen LogP contribution >= 0.6 is 0 Å². The molecule has 0 aliphatic carbocycles. The Morgan fingerprint density at radius 1 is 1.42 bits per heavy atom. The normalized spacial score (nSPS) is 12.1. The minimum absolute atomic E-state index is 0.182. The van der Waals surface area contributed by atoms with Gasteiger partial charge in [0.2, 0.25) is 0 Å². The van der Waals surface area contributed by atoms with Gasteiger partial charge in [-0.1, -0.05) is 19.8 Å². The van der Waals surface area contributed by atoms with E-state index in [1.807, 2.05) is 0 Å². The summed E-state index contributed by atoms with van der Waals surface area (Å²) in [4.78, 5) is 22.1. The highest BCUT2D eigenvalue weighted by Crippen LogP contribution is 2.17. The third-order valence-electron chi connectivity index (χ3n) is 2.95. The number of hydrogen-bond donors (Lipinski definition) is 3. The summed E-state index contributed by atoms with van der Waals surface area (Å²) in [6.45, 7) is 2.59. The molecule has 0 saturated carbocycles. The third-order valence-corrected chi connectivity index (χ3v) is 2.95. The molecule has 0 spiro atoms. The van der Waals surface area contributed by atoms with Crippen molar-refractivity contribution in [1.82, 2.24) is 20.7 Å². The Hall–Kier alpha value is -1.92. The first kappa shape index (κ1) is 15.1. The molecule has 1 unspecified atom stereocenters. The molecule has 0 aliphatic rings. The van der Waals surface area contributed by atoms with Gasteiger partial charge in [-0.2, -0.15) is 15.4 Å². The average molecular weight is 268 g/mol. The van der Waals surface area contributed by atoms with E-state index in [1.54, 1.807) is 0 Å². The lowest BCUT2D eigenvalue weighted by Crippen LogP contribution is -2.26. The Balaban J connectivity index is 2.27. The Morgan fingerprint density at radius 3 is 2.79 bits per heavy atom. The smallest absolute Gasteiger partial charge is 0.303 e. The zero-order valence-electron chi connectivity index (χ0n) is 11.1. The number of aromatic amines is 1. The molecule has 0 radical (unpaired) electrons. The number of nitrogens with zero attached hydrogens (tertiary/aromatic N) is 2. The lowest BCUT2D eigenvalue weighted by atomic mass is 9.94. The summed E-state index contributed by atoms with van der Waals surface area (Å²) in [5.74, 6) is -0.700. The number of H-pyrrole nitrogens is 1. The second-order valence-corrected chi connectivity index (χ2v) is 4.49. The molecule has 7 heteroatoms. The number of amides is 1. The molecule has 7 nitrogen and oxygen atoms in total. The maximum absolute atomic E-state index is 11.6. The summed E-state index contributed by atoms with van der Waals surface area (Å²) in [7, 11) is 0. The first-order chi connectivity index (χ1) is 9.13. The van der Waals surface area contributed by atoms with E-state index >= 15 is 0 Å². The molecule has 0 bridgehead atoms. The predicted molar refractivity (Wildman–Crippen MR) is 68.6 cm³/mol. The van der Waals surface area contributed by atoms with Crippen LogP contribution in [0, 0.1) is 5.92 Å². The molecule has 1 rings (SSSR count). The number of aromatic nitrogens is 3. The van der Waals surface area contributed by atoms with Crippen molar-refractivity contribution in [1.29, 1.82) is 0 Å². The summed E-state index contributed by atoms with van der Waals surface area (Å²) < 4.78 is 0. The molecular weight excluding hydrogens is 248 g/mol. The van der Waals surface area contributed by atoms with Gasteiger partial charge in [0.15, 0.2) is 5.69 Å². The number of carboxylic acid groups (broad SMARTS) is 1. The summed E-state index contributed by atoms with van der Waals surface area (Å²) in [5, 5.41) is 21.1. The van der Waals surface area contributed by atoms with Gasteiger partial charge in [0.1, 0.15) is 0 Å². The van der Waals surface area contributed by atoms with Crippen molar-refractivity contribution < 1.29 is 14.7 Å². The molecule has 0 fully saturated rings. The molecule has 1 atom stereocenters. The minimum Gasteiger partial charge on any atom is -0.481 e. The van der Waals surface area contributed by atoms with Gasteiger partial charge in [0, 0.05) is 13.0 Å². The van der Waals surface area contributed by atoms with Crippen LogP contribution in [0.1, 0.15) is 49.5 Å². The highest BCUT2D eigenvalue weighted by molar-refractivity contribution is 5.91. The quantitative estimate of drug-likeness (QED) is 0.623. The number of carbonyl (C=O) groups is 2. The second-order valence-electron chi connectivity index (χ2n) is 4.49. The summed E-state index contributed by atoms with van der Waals surface area (Å²) in [5.41, 5.74) is 0.262. The second kappa shape index (κ2) is 8.23. The average Bonchev–Trinajstić information content (AvgIpc) is 2.89. The van der Waals surface area contributed by atoms with Crippen LogP contribution in [0.5, 0.6) is 0 Å². The molecule has 1 heterocycles. The van der Waals surface area contributed by atoms with Crippen LogP contribution in [0.25, 0.3) is 0 Å². The largest absolute Gasteiger partial charge is 0.481 e. The number of hydrogen-bond acceptors (Lipinski definition) is 4. The van der Waals surface area contributed by atoms with Gasteiger partial charge >= 0.3 is 5.97 Å². The number of rotatable bonds is 9. The monoisotopic (exact) mass is 268 g/mol. The van der Waals surface area contributed by atoms with E-state index in [-0.39, 0.29) is 18.0 Å². The molecule has 1 amide bonds. The van der Waals surface area contributed by atoms with Crippen LogP contribution in [0.15, 0.2) is 6.20 Å². The topological polar surface area (TPSA) is 108 Å². The van der Waals surface area contributed by atoms with E-state index in [1.165, 1.54) is 6.20 Å². The maximum atomic E-state index is 11.6. The van der Waals surface area contributed by atoms with Gasteiger partial charge in [-0.05, 0) is 18.8 Å². The lowest BCUT2D eigenvalue weighted by Gasteiger charge is -2.15. The number of aliphatic carboxylic acids is 1. The number of carbonyl (C=O) groups excluding carboxylic acids is 1. The first-order valence-corrected chi connectivity index (χ1v) is 6.49. The zero-order chi connectivity index (χ0) is 14.1. The highest BCUT2D eigenvalue weighted by Gasteiger charge is 2.12. The minimum atomic E-state index is -0.771. The van der Waals surface area contributed by atoms with Gasteiger partial charge in [-0.3, -0.25) is 9.59 Å². The number of nitrogens with one attached hydrogen (secondary N) is 2. The Morgan fingerprint density at radius 2 is 2.21 bits per heavy atom. The van der Waals surface area contributed by atoms with Crippen LogP contribution in [0.2, 0.25) is 0 Å². The fraction of sp³-hybridized carbons (Fsp3) is 0.667. The fourth-order valence-corrected chi connectivity index (χ4v) is 1.96. The molecule has 0 saturated heterocycles. The first-order valence-electron chi connectivity index (χ1n) is 6.49. The van der Waals surface area contributed by atoms with Gasteiger partial charge in [0.25, 0.3) is 5.91 Å². The molecule has 1 aromatic rings. The summed E-state index contributed by atoms with van der Waals surface area (Å²) in [6, 6.07) is 0. The van der Waals surface area contributed by atoms with Crippen molar-refractivity contribution in [3.05, 3.63) is 11.9 Å². The van der Waals surface area contributed by atoms with Crippen molar-refractivity contribution >= 4 is 11.9 Å². The van der Waals surface area contributed by atoms with E-state index in [2.05, 4.69) is 27.7 Å². The van der Waals surface area contributed by atoms with Gasteiger partial charge < -0.3 is 10.4 Å². The van der Waals surface area contributed by atoms with Crippen LogP contribution < -0.4 is 5.32 Å². The van der Waals surface area contributed by atoms with Crippen LogP contribution in [0.3, 0.4) is 0 Å². The van der Waals surface area contributed by atoms with Crippen molar-refractivity contribution in [2.45, 2.75) is 39.0 Å². The molecule has 3 N–H and O–H groups in total. The SMILES string of the molecule is CCCC(CCNC(=O)c1cn[nH]n1)CCC(=O)O. The zero-order valence-corrected chi connectivity index (χ0v) is 11.1. The highest BCUT2D eigenvalue weighted by atomic mass is 16.4. The molecule has 0 aliphatic heterocycles. The van der Waals surface area contributed by atoms with Crippen molar-refractivity contribution in [3.8, 4) is 0 Å². The van der Waals surface area contributed by atoms with Crippen molar-refractivity contribution in [3.63, 3.8) is 0 Å². The molecule has 19 heavy (non-hydrogen) atoms. The Labute approximate surface area is 111 Å². The number of carboxylic acids is 1. The van der Waals surface area contributed by atoms with Crippen molar-refractivity contribution in [2.75, 3.05) is 6.54 Å². The van der Waals surface area contributed by atoms with Crippen LogP contribution in [-0.4, -0.2) is 38.9 Å². The van der Waals surface area contributed by atoms with Crippen LogP contribution in [0.4, 0.5) is 0 Å². The Kier molecular flexibility index (Phi) is 6.56. The van der Waals surface area contributed by atoms with E-state index in [4.69, 9.17) is 5.11 Å². The van der Waals surface area contributed by atoms with E-state index in [0.29, 0.717) is 18.9 Å². The Bertz CT molecular complexity index is 392. The fourth-order valence-electron chi connectivity index (χ4n) is 1.96. The summed E-state index contributed by atoms with van der Waals surface area (Å²) in [6.07, 6.45) is 4.98. The van der Waals surface area contributed by atoms with Crippen molar-refractivity contribution in [2.24, 2.45) is 5.92 Å². The molecule has 106 valence electrons. The molecular formula is C12H20N4O3. The standard InChI is InChI=1S/C12H20N4O3/c1-2-3-9(4-5-11(17)18)6-7-13-12(19)10-8-14-16-15-10/h8-9H,2-7H2,1H3,(H,13,19)(H,17,18)(H,14,15,16). The predicted octanol–water partition coefficient (Wildman–Crippen LogP) is 1.21. The van der Waals surface area contributed by atoms with E-state index < -0.39 is 5.97 Å². The van der Waals surface area contributed by atoms with E-state index in [9.17, 15) is 9.59 Å². The van der Waals surface area contributed by atoms with E-state index in [0.717, 1.165) is 19.3 Å². The summed E-state index contributed by atoms with van der Waals surface area (Å²) >= 11 is 0. The van der Waals surface area contributed by atoms with Gasteiger partial charge in [-0.15, -0.1) is 0 Å². The maximum Gasteiger partial charge on any atom is 0.303 e. The van der Waals surface area contributed by atoms with Crippen LogP contribution in [-0.2, 0) is 4.79 Å². The molecule has 1 aromatic heterocycles. The van der Waals surface area contributed by atoms with Gasteiger partial charge in [0.05, 0.1) is 6.20 Å². The van der Waals surface area contributed by atoms with Gasteiger partial charge in [-0.25, -0.2) is 0 Å².